The highest BCUT2D eigenvalue weighted by atomic mass is 19.4. The van der Waals surface area contributed by atoms with E-state index in [1.54, 1.807) is 36.4 Å². The molecule has 0 bridgehead atoms. The molecule has 0 aromatic heterocycles. The molecule has 0 saturated heterocycles. The second-order valence-electron chi connectivity index (χ2n) is 7.77. The zero-order chi connectivity index (χ0) is 24.0. The molecule has 3 rings (SSSR count). The molecule has 3 aromatic rings. The maximum absolute atomic E-state index is 12.9. The highest BCUT2D eigenvalue weighted by molar-refractivity contribution is 6.08. The van der Waals surface area contributed by atoms with Crippen molar-refractivity contribution in [3.8, 4) is 5.75 Å². The van der Waals surface area contributed by atoms with Crippen molar-refractivity contribution < 1.29 is 27.5 Å². The number of carbonyl (C=O) groups is 2. The minimum Gasteiger partial charge on any atom is -0.492 e. The molecule has 33 heavy (non-hydrogen) atoms. The van der Waals surface area contributed by atoms with Crippen molar-refractivity contribution in [3.05, 3.63) is 89.5 Å². The van der Waals surface area contributed by atoms with Gasteiger partial charge in [0.25, 0.3) is 11.8 Å². The van der Waals surface area contributed by atoms with Gasteiger partial charge in [-0.25, -0.2) is 0 Å². The fourth-order valence-electron chi connectivity index (χ4n) is 2.95. The minimum atomic E-state index is -4.51. The molecule has 0 atom stereocenters. The van der Waals surface area contributed by atoms with E-state index in [2.05, 4.69) is 10.6 Å². The molecule has 0 aliphatic rings. The summed E-state index contributed by atoms with van der Waals surface area (Å²) in [6.45, 7) is 4.45. The molecule has 8 heteroatoms. The number of halogens is 3. The highest BCUT2D eigenvalue weighted by Gasteiger charge is 2.30. The molecule has 0 heterocycles. The molecule has 172 valence electrons. The van der Waals surface area contributed by atoms with Crippen molar-refractivity contribution in [1.29, 1.82) is 0 Å². The number of benzene rings is 3. The monoisotopic (exact) mass is 456 g/mol. The van der Waals surface area contributed by atoms with Crippen molar-refractivity contribution in [3.63, 3.8) is 0 Å². The first kappa shape index (κ1) is 23.8. The number of hydrogen-bond acceptors (Lipinski definition) is 3. The Labute approximate surface area is 189 Å². The van der Waals surface area contributed by atoms with E-state index in [-0.39, 0.29) is 17.2 Å². The lowest BCUT2D eigenvalue weighted by molar-refractivity contribution is -0.137. The number of hydrogen-bond donors (Lipinski definition) is 2. The Morgan fingerprint density at radius 2 is 1.48 bits per heavy atom. The van der Waals surface area contributed by atoms with Crippen molar-refractivity contribution >= 4 is 23.2 Å². The van der Waals surface area contributed by atoms with Gasteiger partial charge in [-0.1, -0.05) is 38.1 Å². The van der Waals surface area contributed by atoms with Crippen LogP contribution in [0.2, 0.25) is 0 Å². The molecule has 2 amide bonds. The van der Waals surface area contributed by atoms with Crippen LogP contribution in [0, 0.1) is 5.92 Å². The van der Waals surface area contributed by atoms with Gasteiger partial charge in [0.2, 0.25) is 0 Å². The number of rotatable bonds is 7. The largest absolute Gasteiger partial charge is 0.492 e. The molecule has 0 fully saturated rings. The Kier molecular flexibility index (Phi) is 7.37. The number of amides is 2. The smallest absolute Gasteiger partial charge is 0.416 e. The van der Waals surface area contributed by atoms with Crippen molar-refractivity contribution in [2.24, 2.45) is 5.92 Å². The lowest BCUT2D eigenvalue weighted by atomic mass is 10.1. The predicted octanol–water partition coefficient (Wildman–Crippen LogP) is 6.24. The van der Waals surface area contributed by atoms with E-state index in [0.29, 0.717) is 23.6 Å². The second kappa shape index (κ2) is 10.2. The average molecular weight is 456 g/mol. The van der Waals surface area contributed by atoms with Crippen LogP contribution < -0.4 is 15.4 Å². The summed E-state index contributed by atoms with van der Waals surface area (Å²) in [5.41, 5.74) is 0.0297. The van der Waals surface area contributed by atoms with E-state index in [9.17, 15) is 22.8 Å². The van der Waals surface area contributed by atoms with E-state index < -0.39 is 23.6 Å². The van der Waals surface area contributed by atoms with Crippen LogP contribution in [0.25, 0.3) is 0 Å². The van der Waals surface area contributed by atoms with Crippen molar-refractivity contribution in [2.45, 2.75) is 20.0 Å². The van der Waals surface area contributed by atoms with E-state index in [0.717, 1.165) is 12.1 Å². The lowest BCUT2D eigenvalue weighted by Crippen LogP contribution is -2.16. The summed E-state index contributed by atoms with van der Waals surface area (Å²) in [5.74, 6) is -0.286. The third-order valence-electron chi connectivity index (χ3n) is 4.53. The van der Waals surface area contributed by atoms with Gasteiger partial charge in [0.15, 0.2) is 0 Å². The van der Waals surface area contributed by atoms with Gasteiger partial charge in [0, 0.05) is 16.9 Å². The van der Waals surface area contributed by atoms with Crippen LogP contribution in [0.3, 0.4) is 0 Å². The molecule has 2 N–H and O–H groups in total. The Bertz CT molecular complexity index is 1140. The topological polar surface area (TPSA) is 67.4 Å². The summed E-state index contributed by atoms with van der Waals surface area (Å²) >= 11 is 0. The van der Waals surface area contributed by atoms with Gasteiger partial charge in [0.05, 0.1) is 17.7 Å². The molecule has 0 radical (unpaired) electrons. The Hall–Kier alpha value is -3.81. The van der Waals surface area contributed by atoms with E-state index in [4.69, 9.17) is 4.74 Å². The van der Waals surface area contributed by atoms with E-state index in [1.807, 2.05) is 13.8 Å². The van der Waals surface area contributed by atoms with E-state index >= 15 is 0 Å². The van der Waals surface area contributed by atoms with Gasteiger partial charge in [-0.2, -0.15) is 13.2 Å². The molecule has 5 nitrogen and oxygen atoms in total. The quantitative estimate of drug-likeness (QED) is 0.442. The molecular weight excluding hydrogens is 433 g/mol. The number of anilines is 2. The first-order chi connectivity index (χ1) is 15.6. The van der Waals surface area contributed by atoms with Gasteiger partial charge < -0.3 is 15.4 Å². The summed E-state index contributed by atoms with van der Waals surface area (Å²) in [6, 6.07) is 17.3. The highest BCUT2D eigenvalue weighted by Crippen LogP contribution is 2.30. The maximum Gasteiger partial charge on any atom is 0.416 e. The molecular formula is C25H23F3N2O3. The summed E-state index contributed by atoms with van der Waals surface area (Å²) in [6.07, 6.45) is -4.51. The molecule has 0 saturated carbocycles. The van der Waals surface area contributed by atoms with Crippen LogP contribution in [0.1, 0.15) is 40.1 Å². The third kappa shape index (κ3) is 6.58. The predicted molar refractivity (Wildman–Crippen MR) is 121 cm³/mol. The summed E-state index contributed by atoms with van der Waals surface area (Å²) in [4.78, 5) is 25.3. The van der Waals surface area contributed by atoms with Crippen molar-refractivity contribution in [1.82, 2.24) is 0 Å². The molecule has 0 spiro atoms. The summed E-state index contributed by atoms with van der Waals surface area (Å²) in [7, 11) is 0. The number of alkyl halides is 3. The van der Waals surface area contributed by atoms with Crippen LogP contribution in [0.4, 0.5) is 24.5 Å². The van der Waals surface area contributed by atoms with Crippen LogP contribution in [0.5, 0.6) is 5.75 Å². The molecule has 0 aliphatic carbocycles. The SMILES string of the molecule is CC(C)COc1ccccc1C(=O)Nc1cccc(C(=O)Nc2cccc(C(F)(F)F)c2)c1. The van der Waals surface area contributed by atoms with Crippen LogP contribution >= 0.6 is 0 Å². The average Bonchev–Trinajstić information content (AvgIpc) is 2.77. The molecule has 0 unspecified atom stereocenters. The zero-order valence-corrected chi connectivity index (χ0v) is 18.1. The Morgan fingerprint density at radius 1 is 0.848 bits per heavy atom. The maximum atomic E-state index is 12.9. The number of para-hydroxylation sites is 1. The fourth-order valence-corrected chi connectivity index (χ4v) is 2.95. The van der Waals surface area contributed by atoms with Crippen LogP contribution in [0.15, 0.2) is 72.8 Å². The third-order valence-corrected chi connectivity index (χ3v) is 4.53. The first-order valence-corrected chi connectivity index (χ1v) is 10.3. The van der Waals surface area contributed by atoms with Gasteiger partial charge in [0.1, 0.15) is 5.75 Å². The Balaban J connectivity index is 1.73. The van der Waals surface area contributed by atoms with Gasteiger partial charge >= 0.3 is 6.18 Å². The summed E-state index contributed by atoms with van der Waals surface area (Å²) in [5, 5.41) is 5.17. The minimum absolute atomic E-state index is 0.0143. The van der Waals surface area contributed by atoms with Crippen LogP contribution in [-0.4, -0.2) is 18.4 Å². The van der Waals surface area contributed by atoms with Crippen molar-refractivity contribution in [2.75, 3.05) is 17.2 Å². The molecule has 0 aliphatic heterocycles. The first-order valence-electron chi connectivity index (χ1n) is 10.3. The van der Waals surface area contributed by atoms with E-state index in [1.165, 1.54) is 24.3 Å². The van der Waals surface area contributed by atoms with Crippen LogP contribution in [-0.2, 0) is 6.18 Å². The number of nitrogens with one attached hydrogen (secondary N) is 2. The number of ether oxygens (including phenoxy) is 1. The Morgan fingerprint density at radius 3 is 2.18 bits per heavy atom. The molecule has 3 aromatic carbocycles. The van der Waals surface area contributed by atoms with Gasteiger partial charge in [-0.15, -0.1) is 0 Å². The standard InChI is InChI=1S/C25H23F3N2O3/c1-16(2)15-33-22-12-4-3-11-21(22)24(32)30-19-9-5-7-17(13-19)23(31)29-20-10-6-8-18(14-20)25(26,27)28/h3-14,16H,15H2,1-2H3,(H,29,31)(H,30,32). The number of carbonyl (C=O) groups excluding carboxylic acids is 2. The lowest BCUT2D eigenvalue weighted by Gasteiger charge is -2.13. The van der Waals surface area contributed by atoms with Gasteiger partial charge in [-0.05, 0) is 54.4 Å². The normalized spacial score (nSPS) is 11.2. The summed E-state index contributed by atoms with van der Waals surface area (Å²) < 4.78 is 44.4. The fraction of sp³-hybridized carbons (Fsp3) is 0.200. The second-order valence-corrected chi connectivity index (χ2v) is 7.77. The zero-order valence-electron chi connectivity index (χ0n) is 18.1. The van der Waals surface area contributed by atoms with Gasteiger partial charge in [-0.3, -0.25) is 9.59 Å².